The van der Waals surface area contributed by atoms with Crippen LogP contribution in [0.5, 0.6) is 0 Å². The second-order valence-electron chi connectivity index (χ2n) is 2.28. The van der Waals surface area contributed by atoms with E-state index in [0.717, 1.165) is 5.69 Å². The topological polar surface area (TPSA) is 71.8 Å². The summed E-state index contributed by atoms with van der Waals surface area (Å²) in [7, 11) is 3.34. The maximum absolute atomic E-state index is 10.7. The van der Waals surface area contributed by atoms with E-state index in [1.54, 1.807) is 25.0 Å². The quantitative estimate of drug-likeness (QED) is 0.611. The molecule has 2 amide bonds. The number of rotatable bonds is 2. The van der Waals surface area contributed by atoms with Gasteiger partial charge in [-0.2, -0.15) is 0 Å². The Bertz CT molecular complexity index is 269. The second kappa shape index (κ2) is 3.70. The van der Waals surface area contributed by atoms with Crippen molar-refractivity contribution in [2.45, 2.75) is 6.54 Å². The third-order valence-electron chi connectivity index (χ3n) is 1.47. The number of urea groups is 1. The van der Waals surface area contributed by atoms with Crippen LogP contribution >= 0.6 is 0 Å². The highest BCUT2D eigenvalue weighted by Gasteiger charge is 2.00. The molecule has 1 rings (SSSR count). The fourth-order valence-corrected chi connectivity index (χ4v) is 0.730. The summed E-state index contributed by atoms with van der Waals surface area (Å²) in [5, 5.41) is 12.5. The highest BCUT2D eigenvalue weighted by Crippen LogP contribution is 1.90. The Hall–Kier alpha value is -1.59. The predicted molar refractivity (Wildman–Crippen MR) is 42.3 cm³/mol. The number of hydrogen-bond acceptors (Lipinski definition) is 3. The number of nitrogens with one attached hydrogen (secondary N) is 2. The molecule has 0 saturated heterocycles. The van der Waals surface area contributed by atoms with Crippen LogP contribution in [0.3, 0.4) is 0 Å². The summed E-state index contributed by atoms with van der Waals surface area (Å²) in [6, 6.07) is -0.212. The molecule has 0 spiro atoms. The Kier molecular flexibility index (Phi) is 2.62. The summed E-state index contributed by atoms with van der Waals surface area (Å²) in [5.74, 6) is 0. The minimum Gasteiger partial charge on any atom is -0.341 e. The molecule has 0 aliphatic heterocycles. The first-order valence-corrected chi connectivity index (χ1v) is 3.53. The van der Waals surface area contributed by atoms with Gasteiger partial charge >= 0.3 is 6.03 Å². The number of carbonyl (C=O) groups excluding carboxylic acids is 1. The van der Waals surface area contributed by atoms with Crippen molar-refractivity contribution in [1.29, 1.82) is 0 Å². The molecule has 0 aliphatic carbocycles. The van der Waals surface area contributed by atoms with Gasteiger partial charge in [0.2, 0.25) is 0 Å². The Morgan fingerprint density at radius 3 is 3.00 bits per heavy atom. The van der Waals surface area contributed by atoms with Crippen LogP contribution in [0.4, 0.5) is 4.79 Å². The molecule has 2 N–H and O–H groups in total. The fourth-order valence-electron chi connectivity index (χ4n) is 0.730. The summed E-state index contributed by atoms with van der Waals surface area (Å²) >= 11 is 0. The van der Waals surface area contributed by atoms with Crippen molar-refractivity contribution < 1.29 is 4.79 Å². The van der Waals surface area contributed by atoms with Crippen LogP contribution in [0, 0.1) is 0 Å². The lowest BCUT2D eigenvalue weighted by molar-refractivity contribution is 0.242. The van der Waals surface area contributed by atoms with E-state index in [9.17, 15) is 4.79 Å². The zero-order valence-electron chi connectivity index (χ0n) is 7.03. The van der Waals surface area contributed by atoms with E-state index < -0.39 is 0 Å². The zero-order chi connectivity index (χ0) is 8.97. The van der Waals surface area contributed by atoms with Crippen LogP contribution in [0.15, 0.2) is 6.20 Å². The van der Waals surface area contributed by atoms with Crippen LogP contribution in [0.2, 0.25) is 0 Å². The molecule has 0 aromatic carbocycles. The van der Waals surface area contributed by atoms with Gasteiger partial charge < -0.3 is 10.6 Å². The van der Waals surface area contributed by atoms with Crippen molar-refractivity contribution in [3.8, 4) is 0 Å². The van der Waals surface area contributed by atoms with Crippen molar-refractivity contribution in [1.82, 2.24) is 25.6 Å². The van der Waals surface area contributed by atoms with Gasteiger partial charge in [-0.05, 0) is 0 Å². The third-order valence-corrected chi connectivity index (χ3v) is 1.47. The van der Waals surface area contributed by atoms with Crippen molar-refractivity contribution in [3.05, 3.63) is 11.9 Å². The summed E-state index contributed by atoms with van der Waals surface area (Å²) in [6.07, 6.45) is 1.61. The minimum absolute atomic E-state index is 0.212. The Morgan fingerprint density at radius 1 is 1.75 bits per heavy atom. The molecule has 6 nitrogen and oxygen atoms in total. The zero-order valence-corrected chi connectivity index (χ0v) is 7.03. The number of aryl methyl sites for hydroxylation is 1. The number of nitrogens with zero attached hydrogens (tertiary/aromatic N) is 3. The molecule has 1 aromatic heterocycles. The molecule has 0 radical (unpaired) electrons. The van der Waals surface area contributed by atoms with Gasteiger partial charge in [-0.15, -0.1) is 5.10 Å². The molecule has 0 bridgehead atoms. The van der Waals surface area contributed by atoms with Gasteiger partial charge in [0.15, 0.2) is 0 Å². The van der Waals surface area contributed by atoms with Crippen LogP contribution in [-0.2, 0) is 13.6 Å². The normalized spacial score (nSPS) is 9.50. The first kappa shape index (κ1) is 8.51. The SMILES string of the molecule is CNC(=O)NCc1cnnn1C. The molecule has 66 valence electrons. The number of aromatic nitrogens is 3. The second-order valence-corrected chi connectivity index (χ2v) is 2.28. The van der Waals surface area contributed by atoms with Crippen molar-refractivity contribution in [2.24, 2.45) is 7.05 Å². The van der Waals surface area contributed by atoms with Gasteiger partial charge in [0, 0.05) is 14.1 Å². The Balaban J connectivity index is 2.43. The van der Waals surface area contributed by atoms with Crippen LogP contribution in [0.1, 0.15) is 5.69 Å². The first-order chi connectivity index (χ1) is 5.74. The highest BCUT2D eigenvalue weighted by atomic mass is 16.2. The molecule has 0 fully saturated rings. The molecular formula is C6H11N5O. The lowest BCUT2D eigenvalue weighted by atomic mass is 10.5. The largest absolute Gasteiger partial charge is 0.341 e. The van der Waals surface area contributed by atoms with Crippen molar-refractivity contribution in [3.63, 3.8) is 0 Å². The molecule has 1 aromatic rings. The van der Waals surface area contributed by atoms with E-state index in [1.807, 2.05) is 0 Å². The van der Waals surface area contributed by atoms with E-state index >= 15 is 0 Å². The predicted octanol–water partition coefficient (Wildman–Crippen LogP) is -0.756. The van der Waals surface area contributed by atoms with Crippen LogP contribution < -0.4 is 10.6 Å². The van der Waals surface area contributed by atoms with Crippen molar-refractivity contribution >= 4 is 6.03 Å². The smallest absolute Gasteiger partial charge is 0.314 e. The van der Waals surface area contributed by atoms with Crippen LogP contribution in [0.25, 0.3) is 0 Å². The molecule has 0 unspecified atom stereocenters. The summed E-state index contributed by atoms with van der Waals surface area (Å²) in [6.45, 7) is 0.434. The Labute approximate surface area is 69.9 Å². The van der Waals surface area contributed by atoms with Crippen LogP contribution in [-0.4, -0.2) is 28.1 Å². The summed E-state index contributed by atoms with van der Waals surface area (Å²) < 4.78 is 1.61. The average molecular weight is 169 g/mol. The van der Waals surface area contributed by atoms with E-state index in [2.05, 4.69) is 20.9 Å². The first-order valence-electron chi connectivity index (χ1n) is 3.53. The number of hydrogen-bond donors (Lipinski definition) is 2. The Morgan fingerprint density at radius 2 is 2.50 bits per heavy atom. The van der Waals surface area contributed by atoms with Gasteiger partial charge in [-0.3, -0.25) is 4.68 Å². The monoisotopic (exact) mass is 169 g/mol. The van der Waals surface area contributed by atoms with Gasteiger partial charge in [0.1, 0.15) is 0 Å². The summed E-state index contributed by atoms with van der Waals surface area (Å²) in [4.78, 5) is 10.7. The third kappa shape index (κ3) is 1.94. The fraction of sp³-hybridized carbons (Fsp3) is 0.500. The van der Waals surface area contributed by atoms with Crippen molar-refractivity contribution in [2.75, 3.05) is 7.05 Å². The van der Waals surface area contributed by atoms with E-state index in [0.29, 0.717) is 6.54 Å². The molecule has 0 aliphatic rings. The molecule has 12 heavy (non-hydrogen) atoms. The highest BCUT2D eigenvalue weighted by molar-refractivity contribution is 5.73. The standard InChI is InChI=1S/C6H11N5O/c1-7-6(12)8-3-5-4-9-10-11(5)2/h4H,3H2,1-2H3,(H2,7,8,12). The molecule has 0 atom stereocenters. The van der Waals surface area contributed by atoms with Gasteiger partial charge in [0.25, 0.3) is 0 Å². The molecular weight excluding hydrogens is 158 g/mol. The van der Waals surface area contributed by atoms with E-state index in [4.69, 9.17) is 0 Å². The lowest BCUT2D eigenvalue weighted by Gasteiger charge is -2.02. The molecule has 0 saturated carbocycles. The van der Waals surface area contributed by atoms with Gasteiger partial charge in [-0.1, -0.05) is 5.21 Å². The number of carbonyl (C=O) groups is 1. The molecule has 1 heterocycles. The average Bonchev–Trinajstić information content (AvgIpc) is 2.47. The minimum atomic E-state index is -0.212. The van der Waals surface area contributed by atoms with Gasteiger partial charge in [-0.25, -0.2) is 4.79 Å². The summed E-state index contributed by atoms with van der Waals surface area (Å²) in [5.41, 5.74) is 0.860. The lowest BCUT2D eigenvalue weighted by Crippen LogP contribution is -2.32. The molecule has 6 heteroatoms. The maximum atomic E-state index is 10.7. The van der Waals surface area contributed by atoms with E-state index in [1.165, 1.54) is 0 Å². The van der Waals surface area contributed by atoms with Gasteiger partial charge in [0.05, 0.1) is 18.4 Å². The van der Waals surface area contributed by atoms with E-state index in [-0.39, 0.29) is 6.03 Å². The maximum Gasteiger partial charge on any atom is 0.314 e. The number of amides is 2.